The Hall–Kier alpha value is -2.81. The van der Waals surface area contributed by atoms with Gasteiger partial charge in [-0.25, -0.2) is 9.48 Å². The van der Waals surface area contributed by atoms with Gasteiger partial charge in [0.2, 0.25) is 5.88 Å². The van der Waals surface area contributed by atoms with Crippen molar-refractivity contribution in [3.63, 3.8) is 0 Å². The number of aromatic nitrogens is 2. The van der Waals surface area contributed by atoms with Crippen LogP contribution in [0.15, 0.2) is 58.4 Å². The van der Waals surface area contributed by atoms with Gasteiger partial charge in [0.1, 0.15) is 22.5 Å². The number of hydrogen-bond acceptors (Lipinski definition) is 5. The lowest BCUT2D eigenvalue weighted by Crippen LogP contribution is -2.12. The lowest BCUT2D eigenvalue weighted by Gasteiger charge is -2.11. The van der Waals surface area contributed by atoms with Crippen molar-refractivity contribution in [1.82, 2.24) is 9.78 Å². The zero-order valence-electron chi connectivity index (χ0n) is 18.5. The second-order valence-electron chi connectivity index (χ2n) is 7.49. The fraction of sp³-hybridized carbons (Fsp3) is 0.200. The van der Waals surface area contributed by atoms with E-state index in [-0.39, 0.29) is 5.56 Å². The molecule has 0 fully saturated rings. The van der Waals surface area contributed by atoms with Crippen LogP contribution in [0.5, 0.6) is 11.6 Å². The number of hydrogen-bond donors (Lipinski definition) is 1. The minimum absolute atomic E-state index is 0.217. The minimum Gasteiger partial charge on any atom is -0.490 e. The predicted octanol–water partition coefficient (Wildman–Crippen LogP) is 7.18. The van der Waals surface area contributed by atoms with Crippen LogP contribution >= 0.6 is 38.9 Å². The molecule has 9 heteroatoms. The number of carboxylic acid groups (broad SMARTS) is 1. The van der Waals surface area contributed by atoms with Crippen molar-refractivity contribution in [1.29, 1.82) is 0 Å². The first kappa shape index (κ1) is 24.3. The summed E-state index contributed by atoms with van der Waals surface area (Å²) in [5.74, 6) is 0.214. The van der Waals surface area contributed by atoms with E-state index >= 15 is 0 Å². The van der Waals surface area contributed by atoms with Crippen molar-refractivity contribution < 1.29 is 19.4 Å². The van der Waals surface area contributed by atoms with Gasteiger partial charge in [0.15, 0.2) is 0 Å². The number of carboxylic acids is 1. The fourth-order valence-corrected chi connectivity index (χ4v) is 5.16. The molecule has 176 valence electrons. The van der Waals surface area contributed by atoms with Gasteiger partial charge in [-0.1, -0.05) is 23.7 Å². The maximum atomic E-state index is 11.1. The van der Waals surface area contributed by atoms with Gasteiger partial charge in [-0.3, -0.25) is 0 Å². The third kappa shape index (κ3) is 5.29. The van der Waals surface area contributed by atoms with E-state index in [0.717, 1.165) is 16.0 Å². The molecule has 4 aromatic rings. The molecule has 6 nitrogen and oxygen atoms in total. The first-order chi connectivity index (χ1) is 16.4. The molecule has 0 radical (unpaired) electrons. The second-order valence-corrected chi connectivity index (χ2v) is 9.60. The van der Waals surface area contributed by atoms with Crippen molar-refractivity contribution in [2.75, 3.05) is 13.2 Å². The quantitative estimate of drug-likeness (QED) is 0.234. The van der Waals surface area contributed by atoms with Crippen LogP contribution in [0.1, 0.15) is 22.8 Å². The number of benzene rings is 2. The van der Waals surface area contributed by atoms with Gasteiger partial charge in [0.25, 0.3) is 0 Å². The molecule has 0 bridgehead atoms. The molecule has 4 rings (SSSR count). The molecule has 0 unspecified atom stereocenters. The Morgan fingerprint density at radius 1 is 1.15 bits per heavy atom. The molecular weight excluding hydrogens is 540 g/mol. The summed E-state index contributed by atoms with van der Waals surface area (Å²) in [4.78, 5) is 12.3. The van der Waals surface area contributed by atoms with Gasteiger partial charge in [-0.2, -0.15) is 5.10 Å². The molecule has 0 aliphatic carbocycles. The van der Waals surface area contributed by atoms with Crippen molar-refractivity contribution in [2.45, 2.75) is 20.4 Å². The fourth-order valence-electron chi connectivity index (χ4n) is 3.40. The van der Waals surface area contributed by atoms with Gasteiger partial charge in [-0.15, -0.1) is 11.3 Å². The van der Waals surface area contributed by atoms with E-state index in [1.807, 2.05) is 25.1 Å². The molecule has 0 atom stereocenters. The molecule has 34 heavy (non-hydrogen) atoms. The van der Waals surface area contributed by atoms with Gasteiger partial charge in [0.05, 0.1) is 23.7 Å². The molecule has 0 saturated heterocycles. The topological polar surface area (TPSA) is 73.6 Å². The normalized spacial score (nSPS) is 10.9. The molecule has 1 N–H and O–H groups in total. The number of aromatic carboxylic acids is 1. The van der Waals surface area contributed by atoms with E-state index in [1.54, 1.807) is 40.3 Å². The first-order valence-electron chi connectivity index (χ1n) is 10.6. The molecule has 2 aromatic carbocycles. The van der Waals surface area contributed by atoms with Gasteiger partial charge in [0, 0.05) is 10.4 Å². The smallest absolute Gasteiger partial charge is 0.335 e. The maximum absolute atomic E-state index is 11.1. The Morgan fingerprint density at radius 3 is 2.50 bits per heavy atom. The summed E-state index contributed by atoms with van der Waals surface area (Å²) in [6.45, 7) is 5.21. The third-order valence-electron chi connectivity index (χ3n) is 5.04. The van der Waals surface area contributed by atoms with E-state index in [0.29, 0.717) is 46.6 Å². The zero-order chi connectivity index (χ0) is 24.2. The predicted molar refractivity (Wildman–Crippen MR) is 138 cm³/mol. The highest BCUT2D eigenvalue weighted by Gasteiger charge is 2.19. The van der Waals surface area contributed by atoms with Crippen LogP contribution in [0, 0.1) is 6.92 Å². The van der Waals surface area contributed by atoms with E-state index in [1.165, 1.54) is 5.56 Å². The molecule has 0 amide bonds. The number of halogens is 2. The van der Waals surface area contributed by atoms with Crippen LogP contribution in [-0.4, -0.2) is 34.1 Å². The summed E-state index contributed by atoms with van der Waals surface area (Å²) in [5, 5.41) is 16.5. The Morgan fingerprint density at radius 2 is 1.88 bits per heavy atom. The van der Waals surface area contributed by atoms with Crippen LogP contribution in [0.25, 0.3) is 21.7 Å². The largest absolute Gasteiger partial charge is 0.490 e. The SMILES string of the molecule is CCOc1c(Br)c(-c2ccc(C(=O)O)cc2)nn1CCOc1ccc(-c2cc(C)cs2)cc1Cl. The van der Waals surface area contributed by atoms with Crippen molar-refractivity contribution in [3.8, 4) is 33.3 Å². The van der Waals surface area contributed by atoms with Crippen LogP contribution in [0.2, 0.25) is 5.02 Å². The summed E-state index contributed by atoms with van der Waals surface area (Å²) in [5.41, 5.74) is 3.94. The van der Waals surface area contributed by atoms with Crippen molar-refractivity contribution in [2.24, 2.45) is 0 Å². The highest BCUT2D eigenvalue weighted by atomic mass is 79.9. The number of aryl methyl sites for hydroxylation is 1. The Bertz CT molecular complexity index is 1320. The molecule has 0 saturated carbocycles. The number of ether oxygens (including phenoxy) is 2. The van der Waals surface area contributed by atoms with E-state index in [2.05, 4.69) is 39.4 Å². The Kier molecular flexibility index (Phi) is 7.60. The van der Waals surface area contributed by atoms with Crippen molar-refractivity contribution >= 4 is 44.8 Å². The van der Waals surface area contributed by atoms with Crippen LogP contribution in [0.4, 0.5) is 0 Å². The summed E-state index contributed by atoms with van der Waals surface area (Å²) >= 11 is 11.7. The summed E-state index contributed by atoms with van der Waals surface area (Å²) < 4.78 is 14.2. The van der Waals surface area contributed by atoms with Crippen LogP contribution in [-0.2, 0) is 6.54 Å². The second kappa shape index (κ2) is 10.6. The van der Waals surface area contributed by atoms with Gasteiger partial charge in [-0.05, 0) is 82.7 Å². The average molecular weight is 562 g/mol. The lowest BCUT2D eigenvalue weighted by atomic mass is 10.1. The number of thiophene rings is 1. The van der Waals surface area contributed by atoms with Crippen LogP contribution < -0.4 is 9.47 Å². The van der Waals surface area contributed by atoms with Crippen LogP contribution in [0.3, 0.4) is 0 Å². The minimum atomic E-state index is -0.972. The van der Waals surface area contributed by atoms with Crippen molar-refractivity contribution in [3.05, 3.63) is 74.5 Å². The first-order valence-corrected chi connectivity index (χ1v) is 12.6. The van der Waals surface area contributed by atoms with Gasteiger partial charge < -0.3 is 14.6 Å². The standard InChI is InChI=1S/C25H22BrClN2O4S/c1-3-32-24-22(26)23(16-4-6-17(7-5-16)25(30)31)28-29(24)10-11-33-20-9-8-18(13-19(20)27)21-12-15(2)14-34-21/h4-9,12-14H,3,10-11H2,1-2H3,(H,30,31). The van der Waals surface area contributed by atoms with Gasteiger partial charge >= 0.3 is 5.97 Å². The molecule has 0 aliphatic rings. The Labute approximate surface area is 214 Å². The average Bonchev–Trinajstić information content (AvgIpc) is 3.39. The third-order valence-corrected chi connectivity index (χ3v) is 7.15. The highest BCUT2D eigenvalue weighted by Crippen LogP contribution is 2.36. The lowest BCUT2D eigenvalue weighted by molar-refractivity contribution is 0.0697. The number of nitrogens with zero attached hydrogens (tertiary/aromatic N) is 2. The summed E-state index contributed by atoms with van der Waals surface area (Å²) in [7, 11) is 0. The molecular formula is C25H22BrClN2O4S. The van der Waals surface area contributed by atoms with E-state index in [9.17, 15) is 4.79 Å². The number of rotatable bonds is 9. The highest BCUT2D eigenvalue weighted by molar-refractivity contribution is 9.10. The number of carbonyl (C=O) groups is 1. The Balaban J connectivity index is 1.49. The maximum Gasteiger partial charge on any atom is 0.335 e. The summed E-state index contributed by atoms with van der Waals surface area (Å²) in [6, 6.07) is 14.5. The summed E-state index contributed by atoms with van der Waals surface area (Å²) in [6.07, 6.45) is 0. The molecule has 2 aromatic heterocycles. The monoisotopic (exact) mass is 560 g/mol. The van der Waals surface area contributed by atoms with E-state index in [4.69, 9.17) is 26.2 Å². The molecule has 2 heterocycles. The molecule has 0 aliphatic heterocycles. The molecule has 0 spiro atoms. The zero-order valence-corrected chi connectivity index (χ0v) is 21.7. The van der Waals surface area contributed by atoms with E-state index < -0.39 is 5.97 Å².